The second-order valence-corrected chi connectivity index (χ2v) is 6.82. The van der Waals surface area contributed by atoms with Crippen LogP contribution in [0.25, 0.3) is 6.08 Å². The predicted octanol–water partition coefficient (Wildman–Crippen LogP) is 4.13. The van der Waals surface area contributed by atoms with Gasteiger partial charge in [0.2, 0.25) is 10.0 Å². The maximum absolute atomic E-state index is 12.9. The Labute approximate surface area is 134 Å². The quantitative estimate of drug-likeness (QED) is 0.890. The molecule has 0 saturated carbocycles. The number of hydrogen-bond acceptors (Lipinski definition) is 2. The van der Waals surface area contributed by atoms with Crippen LogP contribution >= 0.6 is 11.6 Å². The van der Waals surface area contributed by atoms with Crippen molar-refractivity contribution < 1.29 is 12.8 Å². The molecule has 2 aromatic carbocycles. The Hall–Kier alpha value is -1.69. The fourth-order valence-electron chi connectivity index (χ4n) is 1.85. The molecule has 0 saturated heterocycles. The van der Waals surface area contributed by atoms with Crippen molar-refractivity contribution in [3.05, 3.63) is 75.9 Å². The van der Waals surface area contributed by atoms with E-state index in [1.807, 2.05) is 0 Å². The van der Waals surface area contributed by atoms with Crippen molar-refractivity contribution in [2.45, 2.75) is 13.0 Å². The van der Waals surface area contributed by atoms with E-state index >= 15 is 0 Å². The molecule has 0 unspecified atom stereocenters. The van der Waals surface area contributed by atoms with Gasteiger partial charge in [0.1, 0.15) is 5.82 Å². The van der Waals surface area contributed by atoms with E-state index in [1.54, 1.807) is 43.3 Å². The van der Waals surface area contributed by atoms with Gasteiger partial charge in [-0.25, -0.2) is 17.5 Å². The number of hydrogen-bond donors (Lipinski definition) is 1. The summed E-state index contributed by atoms with van der Waals surface area (Å²) in [7, 11) is -3.60. The first-order chi connectivity index (χ1) is 10.4. The zero-order chi connectivity index (χ0) is 16.2. The minimum atomic E-state index is -3.60. The van der Waals surface area contributed by atoms with Gasteiger partial charge in [-0.15, -0.1) is 0 Å². The first kappa shape index (κ1) is 16.7. The van der Waals surface area contributed by atoms with Crippen LogP contribution in [0, 0.1) is 5.82 Å². The lowest BCUT2D eigenvalue weighted by molar-refractivity contribution is 0.576. The largest absolute Gasteiger partial charge is 0.234 e. The molecule has 3 nitrogen and oxygen atoms in total. The summed E-state index contributed by atoms with van der Waals surface area (Å²) in [6.07, 6.45) is 1.48. The number of halogens is 2. The van der Waals surface area contributed by atoms with Gasteiger partial charge in [-0.1, -0.05) is 35.9 Å². The van der Waals surface area contributed by atoms with E-state index in [-0.39, 0.29) is 5.82 Å². The van der Waals surface area contributed by atoms with E-state index in [1.165, 1.54) is 18.2 Å². The zero-order valence-corrected chi connectivity index (χ0v) is 13.4. The van der Waals surface area contributed by atoms with Gasteiger partial charge in [0.05, 0.1) is 0 Å². The Morgan fingerprint density at radius 1 is 1.09 bits per heavy atom. The number of benzene rings is 2. The summed E-state index contributed by atoms with van der Waals surface area (Å²) in [5.74, 6) is -0.360. The summed E-state index contributed by atoms with van der Waals surface area (Å²) in [6.45, 7) is 1.70. The van der Waals surface area contributed by atoms with E-state index in [0.717, 1.165) is 11.0 Å². The fourth-order valence-corrected chi connectivity index (χ4v) is 3.02. The van der Waals surface area contributed by atoms with Gasteiger partial charge >= 0.3 is 0 Å². The highest BCUT2D eigenvalue weighted by Gasteiger charge is 2.12. The summed E-state index contributed by atoms with van der Waals surface area (Å²) in [4.78, 5) is 0. The average molecular weight is 340 g/mol. The Morgan fingerprint density at radius 3 is 2.27 bits per heavy atom. The number of rotatable bonds is 5. The smallest absolute Gasteiger partial charge is 0.208 e. The lowest BCUT2D eigenvalue weighted by Crippen LogP contribution is -2.24. The van der Waals surface area contributed by atoms with Crippen molar-refractivity contribution in [3.63, 3.8) is 0 Å². The molecule has 116 valence electrons. The Kier molecular flexibility index (Phi) is 5.34. The fraction of sp³-hybridized carbons (Fsp3) is 0.125. The minimum Gasteiger partial charge on any atom is -0.208 e. The molecule has 2 rings (SSSR count). The van der Waals surface area contributed by atoms with E-state index < -0.39 is 16.1 Å². The molecule has 0 spiro atoms. The monoisotopic (exact) mass is 339 g/mol. The van der Waals surface area contributed by atoms with Crippen LogP contribution < -0.4 is 4.72 Å². The molecule has 0 radical (unpaired) electrons. The molecule has 0 aromatic heterocycles. The van der Waals surface area contributed by atoms with E-state index in [0.29, 0.717) is 10.6 Å². The molecule has 0 amide bonds. The second-order valence-electron chi connectivity index (χ2n) is 4.79. The molecule has 0 aliphatic rings. The molecular weight excluding hydrogens is 325 g/mol. The molecule has 22 heavy (non-hydrogen) atoms. The SMILES string of the molecule is C[C@H](NS(=O)(=O)/C=C/c1ccc(Cl)cc1)c1ccc(F)cc1. The molecule has 0 fully saturated rings. The molecule has 1 atom stereocenters. The molecule has 0 heterocycles. The molecule has 0 bridgehead atoms. The maximum atomic E-state index is 12.9. The van der Waals surface area contributed by atoms with Crippen molar-refractivity contribution in [3.8, 4) is 0 Å². The van der Waals surface area contributed by atoms with E-state index in [9.17, 15) is 12.8 Å². The highest BCUT2D eigenvalue weighted by molar-refractivity contribution is 7.92. The normalized spacial score (nSPS) is 13.4. The van der Waals surface area contributed by atoms with Crippen LogP contribution in [0.5, 0.6) is 0 Å². The molecule has 0 aliphatic heterocycles. The van der Waals surface area contributed by atoms with Crippen LogP contribution in [0.3, 0.4) is 0 Å². The first-order valence-electron chi connectivity index (χ1n) is 6.57. The van der Waals surface area contributed by atoms with E-state index in [2.05, 4.69) is 4.72 Å². The van der Waals surface area contributed by atoms with Crippen LogP contribution in [0.15, 0.2) is 53.9 Å². The average Bonchev–Trinajstić information content (AvgIpc) is 2.47. The molecule has 2 aromatic rings. The third-order valence-corrected chi connectivity index (χ3v) is 4.45. The Morgan fingerprint density at radius 2 is 1.68 bits per heavy atom. The zero-order valence-electron chi connectivity index (χ0n) is 11.8. The Bertz CT molecular complexity index is 756. The second kappa shape index (κ2) is 7.05. The van der Waals surface area contributed by atoms with Crippen LogP contribution in [0.1, 0.15) is 24.1 Å². The predicted molar refractivity (Wildman–Crippen MR) is 87.4 cm³/mol. The van der Waals surface area contributed by atoms with Crippen LogP contribution in [0.4, 0.5) is 4.39 Å². The summed E-state index contributed by atoms with van der Waals surface area (Å²) in [6, 6.07) is 12.0. The van der Waals surface area contributed by atoms with Gasteiger partial charge in [-0.2, -0.15) is 0 Å². The maximum Gasteiger partial charge on any atom is 0.234 e. The van der Waals surface area contributed by atoms with Gasteiger partial charge in [0.25, 0.3) is 0 Å². The summed E-state index contributed by atoms with van der Waals surface area (Å²) >= 11 is 5.77. The van der Waals surface area contributed by atoms with Crippen LogP contribution in [0.2, 0.25) is 5.02 Å². The first-order valence-corrected chi connectivity index (χ1v) is 8.49. The topological polar surface area (TPSA) is 46.2 Å². The standard InChI is InChI=1S/C16H15ClFNO2S/c1-12(14-4-8-16(18)9-5-14)19-22(20,21)11-10-13-2-6-15(17)7-3-13/h2-12,19H,1H3/b11-10+/t12-/m0/s1. The molecule has 6 heteroatoms. The lowest BCUT2D eigenvalue weighted by Gasteiger charge is -2.12. The van der Waals surface area contributed by atoms with Gasteiger partial charge in [0.15, 0.2) is 0 Å². The highest BCUT2D eigenvalue weighted by Crippen LogP contribution is 2.15. The minimum absolute atomic E-state index is 0.360. The van der Waals surface area contributed by atoms with Crippen molar-refractivity contribution in [2.75, 3.05) is 0 Å². The lowest BCUT2D eigenvalue weighted by atomic mass is 10.1. The summed E-state index contributed by atoms with van der Waals surface area (Å²) in [5.41, 5.74) is 1.41. The van der Waals surface area contributed by atoms with Gasteiger partial charge in [-0.3, -0.25) is 0 Å². The van der Waals surface area contributed by atoms with Crippen molar-refractivity contribution in [1.29, 1.82) is 0 Å². The number of nitrogens with one attached hydrogen (secondary N) is 1. The van der Waals surface area contributed by atoms with Crippen LogP contribution in [-0.2, 0) is 10.0 Å². The third kappa shape index (κ3) is 4.94. The van der Waals surface area contributed by atoms with Crippen LogP contribution in [-0.4, -0.2) is 8.42 Å². The van der Waals surface area contributed by atoms with Gasteiger partial charge in [-0.05, 0) is 48.4 Å². The molecular formula is C16H15ClFNO2S. The molecule has 1 N–H and O–H groups in total. The van der Waals surface area contributed by atoms with E-state index in [4.69, 9.17) is 11.6 Å². The number of sulfonamides is 1. The van der Waals surface area contributed by atoms with Crippen molar-refractivity contribution in [2.24, 2.45) is 0 Å². The Balaban J connectivity index is 2.07. The molecule has 0 aliphatic carbocycles. The van der Waals surface area contributed by atoms with Gasteiger partial charge in [0, 0.05) is 16.5 Å². The van der Waals surface area contributed by atoms with Crippen molar-refractivity contribution >= 4 is 27.7 Å². The highest BCUT2D eigenvalue weighted by atomic mass is 35.5. The summed E-state index contributed by atoms with van der Waals surface area (Å²) < 4.78 is 39.4. The van der Waals surface area contributed by atoms with Crippen molar-refractivity contribution in [1.82, 2.24) is 4.72 Å². The van der Waals surface area contributed by atoms with Gasteiger partial charge < -0.3 is 0 Å². The third-order valence-electron chi connectivity index (χ3n) is 3.02. The summed E-state index contributed by atoms with van der Waals surface area (Å²) in [5, 5.41) is 1.68.